The van der Waals surface area contributed by atoms with Crippen molar-refractivity contribution in [3.63, 3.8) is 0 Å². The van der Waals surface area contributed by atoms with Gasteiger partial charge in [-0.15, -0.1) is 0 Å². The van der Waals surface area contributed by atoms with Gasteiger partial charge in [0.25, 0.3) is 0 Å². The van der Waals surface area contributed by atoms with Gasteiger partial charge < -0.3 is 4.98 Å². The Labute approximate surface area is 93.9 Å². The molecule has 0 fully saturated rings. The summed E-state index contributed by atoms with van der Waals surface area (Å²) in [5.41, 5.74) is 1.74. The van der Waals surface area contributed by atoms with E-state index in [9.17, 15) is 8.42 Å². The van der Waals surface area contributed by atoms with Gasteiger partial charge in [-0.3, -0.25) is 0 Å². The van der Waals surface area contributed by atoms with Crippen molar-refractivity contribution in [2.45, 2.75) is 13.0 Å². The monoisotopic (exact) mass is 239 g/mol. The molecule has 5 nitrogen and oxygen atoms in total. The van der Waals surface area contributed by atoms with Gasteiger partial charge in [0.05, 0.1) is 23.3 Å². The van der Waals surface area contributed by atoms with Crippen molar-refractivity contribution >= 4 is 21.1 Å². The number of para-hydroxylation sites is 2. The number of H-pyrrole nitrogens is 1. The predicted octanol–water partition coefficient (Wildman–Crippen LogP) is 1.17. The van der Waals surface area contributed by atoms with Gasteiger partial charge in [0.15, 0.2) is 0 Å². The fourth-order valence-corrected chi connectivity index (χ4v) is 2.31. The van der Waals surface area contributed by atoms with Gasteiger partial charge in [0, 0.05) is 0 Å². The Morgan fingerprint density at radius 1 is 1.38 bits per heavy atom. The molecule has 0 saturated carbocycles. The van der Waals surface area contributed by atoms with Crippen molar-refractivity contribution in [1.29, 1.82) is 0 Å². The van der Waals surface area contributed by atoms with Crippen molar-refractivity contribution in [1.82, 2.24) is 14.7 Å². The molecule has 0 aliphatic rings. The number of aromatic nitrogens is 2. The largest absolute Gasteiger partial charge is 0.341 e. The second-order valence-corrected chi connectivity index (χ2v) is 5.53. The number of nitrogens with zero attached hydrogens (tertiary/aromatic N) is 1. The lowest BCUT2D eigenvalue weighted by Crippen LogP contribution is -2.26. The van der Waals surface area contributed by atoms with E-state index in [-0.39, 0.29) is 6.04 Å². The van der Waals surface area contributed by atoms with Gasteiger partial charge in [0.1, 0.15) is 5.82 Å². The molecule has 1 aromatic heterocycles. The SMILES string of the molecule is CC(NS(C)(=O)=O)c1nc2ccccc2[nH]1. The molecule has 2 rings (SSSR count). The van der Waals surface area contributed by atoms with Crippen LogP contribution >= 0.6 is 0 Å². The summed E-state index contributed by atoms with van der Waals surface area (Å²) in [5, 5.41) is 0. The first-order chi connectivity index (χ1) is 7.46. The normalized spacial score (nSPS) is 14.1. The van der Waals surface area contributed by atoms with Crippen molar-refractivity contribution in [3.05, 3.63) is 30.1 Å². The maximum atomic E-state index is 11.1. The summed E-state index contributed by atoms with van der Waals surface area (Å²) in [6, 6.07) is 7.21. The fraction of sp³-hybridized carbons (Fsp3) is 0.300. The lowest BCUT2D eigenvalue weighted by Gasteiger charge is -2.08. The van der Waals surface area contributed by atoms with E-state index < -0.39 is 10.0 Å². The Morgan fingerprint density at radius 2 is 2.06 bits per heavy atom. The molecule has 2 N–H and O–H groups in total. The van der Waals surface area contributed by atoms with E-state index in [2.05, 4.69) is 14.7 Å². The lowest BCUT2D eigenvalue weighted by atomic mass is 10.3. The highest BCUT2D eigenvalue weighted by molar-refractivity contribution is 7.88. The van der Waals surface area contributed by atoms with Crippen LogP contribution < -0.4 is 4.72 Å². The molecular weight excluding hydrogens is 226 g/mol. The number of imidazole rings is 1. The summed E-state index contributed by atoms with van der Waals surface area (Å²) in [6.07, 6.45) is 1.13. The summed E-state index contributed by atoms with van der Waals surface area (Å²) >= 11 is 0. The number of hydrogen-bond acceptors (Lipinski definition) is 3. The van der Waals surface area contributed by atoms with Gasteiger partial charge in [-0.1, -0.05) is 12.1 Å². The molecule has 6 heteroatoms. The lowest BCUT2D eigenvalue weighted by molar-refractivity contribution is 0.567. The van der Waals surface area contributed by atoms with E-state index in [4.69, 9.17) is 0 Å². The van der Waals surface area contributed by atoms with Crippen molar-refractivity contribution < 1.29 is 8.42 Å². The number of hydrogen-bond donors (Lipinski definition) is 2. The average Bonchev–Trinajstić information content (AvgIpc) is 2.58. The summed E-state index contributed by atoms with van der Waals surface area (Å²) < 4.78 is 24.6. The Balaban J connectivity index is 2.33. The Bertz CT molecular complexity index is 570. The zero-order valence-electron chi connectivity index (χ0n) is 9.06. The molecule has 16 heavy (non-hydrogen) atoms. The Kier molecular flexibility index (Phi) is 2.69. The van der Waals surface area contributed by atoms with Crippen molar-refractivity contribution in [2.75, 3.05) is 6.26 Å². The first-order valence-corrected chi connectivity index (χ1v) is 6.77. The van der Waals surface area contributed by atoms with Crippen LogP contribution in [0.4, 0.5) is 0 Å². The quantitative estimate of drug-likeness (QED) is 0.844. The van der Waals surface area contributed by atoms with Crippen LogP contribution in [0.1, 0.15) is 18.8 Å². The highest BCUT2D eigenvalue weighted by Crippen LogP contribution is 2.15. The molecular formula is C10H13N3O2S. The molecule has 0 radical (unpaired) electrons. The van der Waals surface area contributed by atoms with Gasteiger partial charge in [-0.05, 0) is 19.1 Å². The molecule has 1 aromatic carbocycles. The molecule has 0 amide bonds. The van der Waals surface area contributed by atoms with E-state index in [0.717, 1.165) is 17.3 Å². The smallest absolute Gasteiger partial charge is 0.209 e. The fourth-order valence-electron chi connectivity index (χ4n) is 1.55. The van der Waals surface area contributed by atoms with Crippen LogP contribution in [-0.2, 0) is 10.0 Å². The minimum atomic E-state index is -3.22. The minimum Gasteiger partial charge on any atom is -0.341 e. The van der Waals surface area contributed by atoms with Crippen LogP contribution in [0, 0.1) is 0 Å². The van der Waals surface area contributed by atoms with E-state index >= 15 is 0 Å². The maximum Gasteiger partial charge on any atom is 0.209 e. The minimum absolute atomic E-state index is 0.359. The molecule has 0 bridgehead atoms. The number of fused-ring (bicyclic) bond motifs is 1. The standard InChI is InChI=1S/C10H13N3O2S/c1-7(13-16(2,14)15)10-11-8-5-3-4-6-9(8)12-10/h3-7,13H,1-2H3,(H,11,12). The first kappa shape index (κ1) is 11.1. The Hall–Kier alpha value is -1.40. The van der Waals surface area contributed by atoms with Gasteiger partial charge in [-0.2, -0.15) is 0 Å². The summed E-state index contributed by atoms with van der Waals surface area (Å²) in [5.74, 6) is 0.617. The second kappa shape index (κ2) is 3.88. The highest BCUT2D eigenvalue weighted by Gasteiger charge is 2.14. The van der Waals surface area contributed by atoms with Gasteiger partial charge in [-0.25, -0.2) is 18.1 Å². The molecule has 0 spiro atoms. The van der Waals surface area contributed by atoms with Crippen LogP contribution in [0.5, 0.6) is 0 Å². The van der Waals surface area contributed by atoms with Crippen LogP contribution in [0.15, 0.2) is 24.3 Å². The molecule has 1 heterocycles. The molecule has 0 aliphatic heterocycles. The number of nitrogens with one attached hydrogen (secondary N) is 2. The third kappa shape index (κ3) is 2.40. The number of benzene rings is 1. The van der Waals surface area contributed by atoms with E-state index in [0.29, 0.717) is 5.82 Å². The first-order valence-electron chi connectivity index (χ1n) is 4.87. The van der Waals surface area contributed by atoms with E-state index in [1.165, 1.54) is 0 Å². The van der Waals surface area contributed by atoms with Crippen LogP contribution in [0.25, 0.3) is 11.0 Å². The maximum absolute atomic E-state index is 11.1. The molecule has 0 saturated heterocycles. The number of sulfonamides is 1. The summed E-state index contributed by atoms with van der Waals surface area (Å²) in [4.78, 5) is 7.39. The topological polar surface area (TPSA) is 74.8 Å². The average molecular weight is 239 g/mol. The van der Waals surface area contributed by atoms with Crippen LogP contribution in [-0.4, -0.2) is 24.6 Å². The Morgan fingerprint density at radius 3 is 2.69 bits per heavy atom. The molecule has 2 aromatic rings. The second-order valence-electron chi connectivity index (χ2n) is 3.75. The molecule has 86 valence electrons. The predicted molar refractivity (Wildman–Crippen MR) is 62.5 cm³/mol. The van der Waals surface area contributed by atoms with Gasteiger partial charge >= 0.3 is 0 Å². The zero-order chi connectivity index (χ0) is 11.8. The van der Waals surface area contributed by atoms with E-state index in [1.807, 2.05) is 24.3 Å². The number of rotatable bonds is 3. The molecule has 0 aliphatic carbocycles. The summed E-state index contributed by atoms with van der Waals surface area (Å²) in [7, 11) is -3.22. The highest BCUT2D eigenvalue weighted by atomic mass is 32.2. The van der Waals surface area contributed by atoms with Crippen molar-refractivity contribution in [3.8, 4) is 0 Å². The molecule has 1 atom stereocenters. The van der Waals surface area contributed by atoms with Crippen LogP contribution in [0.2, 0.25) is 0 Å². The third-order valence-corrected chi connectivity index (χ3v) is 2.99. The van der Waals surface area contributed by atoms with Crippen LogP contribution in [0.3, 0.4) is 0 Å². The number of aromatic amines is 1. The van der Waals surface area contributed by atoms with Gasteiger partial charge in [0.2, 0.25) is 10.0 Å². The molecule has 1 unspecified atom stereocenters. The van der Waals surface area contributed by atoms with E-state index in [1.54, 1.807) is 6.92 Å². The summed E-state index contributed by atoms with van der Waals surface area (Å²) in [6.45, 7) is 1.75. The van der Waals surface area contributed by atoms with Crippen molar-refractivity contribution in [2.24, 2.45) is 0 Å². The third-order valence-electron chi connectivity index (χ3n) is 2.21. The zero-order valence-corrected chi connectivity index (χ0v) is 9.88.